The summed E-state index contributed by atoms with van der Waals surface area (Å²) in [5.41, 5.74) is 15.4. The Balaban J connectivity index is 1.02. The highest BCUT2D eigenvalue weighted by molar-refractivity contribution is 6.29. The van der Waals surface area contributed by atoms with Gasteiger partial charge in [0.25, 0.3) is 0 Å². The predicted octanol–water partition coefficient (Wildman–Crippen LogP) is 14.3. The van der Waals surface area contributed by atoms with E-state index in [2.05, 4.69) is 126 Å². The number of rotatable bonds is 5. The zero-order valence-electron chi connectivity index (χ0n) is 32.2. The molecule has 3 heterocycles. The Morgan fingerprint density at radius 2 is 0.850 bits per heavy atom. The molecule has 0 saturated carbocycles. The standard InChI is InChI=1S/C55H32N4O/c1-3-12-33(13-4-1)53-56-54(34-14-5-2-6-15-34)58-55(57-53)35-22-26-38(27-23-35)59-47-28-24-36(37-25-29-50-44(30-37)41-18-9-10-21-49(41)60-50)31-46(47)52-43-20-11-19-42-39-16-7-8-17-40(39)45(51(42)43)32-48(52)59/h1-32H. The third kappa shape index (κ3) is 4.90. The Morgan fingerprint density at radius 3 is 1.57 bits per heavy atom. The number of furan rings is 1. The molecule has 5 nitrogen and oxygen atoms in total. The lowest BCUT2D eigenvalue weighted by Crippen LogP contribution is -2.00. The van der Waals surface area contributed by atoms with Gasteiger partial charge in [0.1, 0.15) is 11.2 Å². The van der Waals surface area contributed by atoms with Crippen molar-refractivity contribution in [2.24, 2.45) is 0 Å². The monoisotopic (exact) mass is 764 g/mol. The Kier molecular flexibility index (Phi) is 6.95. The van der Waals surface area contributed by atoms with Crippen LogP contribution in [0.1, 0.15) is 0 Å². The molecule has 0 amide bonds. The molecule has 0 atom stereocenters. The van der Waals surface area contributed by atoms with Crippen molar-refractivity contribution < 1.29 is 4.42 Å². The molecular formula is C55H32N4O. The largest absolute Gasteiger partial charge is 0.456 e. The first-order chi connectivity index (χ1) is 29.7. The van der Waals surface area contributed by atoms with Crippen LogP contribution in [0.25, 0.3) is 128 Å². The van der Waals surface area contributed by atoms with E-state index in [4.69, 9.17) is 19.4 Å². The van der Waals surface area contributed by atoms with E-state index in [1.54, 1.807) is 0 Å². The summed E-state index contributed by atoms with van der Waals surface area (Å²) in [7, 11) is 0. The van der Waals surface area contributed by atoms with Crippen molar-refractivity contribution in [1.29, 1.82) is 0 Å². The quantitative estimate of drug-likeness (QED) is 0.175. The molecule has 3 aromatic heterocycles. The Morgan fingerprint density at radius 1 is 0.317 bits per heavy atom. The fraction of sp³-hybridized carbons (Fsp3) is 0. The first kappa shape index (κ1) is 32.9. The van der Waals surface area contributed by atoms with Gasteiger partial charge in [-0.05, 0) is 105 Å². The van der Waals surface area contributed by atoms with E-state index in [0.717, 1.165) is 61.0 Å². The smallest absolute Gasteiger partial charge is 0.164 e. The summed E-state index contributed by atoms with van der Waals surface area (Å²) in [6, 6.07) is 68.6. The molecule has 0 saturated heterocycles. The molecule has 1 aliphatic carbocycles. The normalized spacial score (nSPS) is 12.0. The highest BCUT2D eigenvalue weighted by Gasteiger charge is 2.26. The molecular weight excluding hydrogens is 733 g/mol. The molecule has 0 aliphatic heterocycles. The maximum atomic E-state index is 6.20. The van der Waals surface area contributed by atoms with Crippen molar-refractivity contribution in [3.05, 3.63) is 194 Å². The minimum absolute atomic E-state index is 0.631. The maximum Gasteiger partial charge on any atom is 0.164 e. The first-order valence-corrected chi connectivity index (χ1v) is 20.3. The zero-order valence-corrected chi connectivity index (χ0v) is 32.2. The SMILES string of the molecule is c1ccc(-c2nc(-c3ccccc3)nc(-c3ccc(-n4c5ccc(-c6ccc7oc8ccccc8c7c6)cc5c5c6cccc7c6c(cc54)-c4ccccc4-7)cc3)n2)cc1. The Bertz CT molecular complexity index is 3640. The van der Waals surface area contributed by atoms with Crippen molar-refractivity contribution in [3.8, 4) is 73.2 Å². The average Bonchev–Trinajstić information content (AvgIpc) is 3.97. The van der Waals surface area contributed by atoms with Crippen LogP contribution in [-0.2, 0) is 0 Å². The molecule has 5 heteroatoms. The van der Waals surface area contributed by atoms with Crippen LogP contribution in [0.2, 0.25) is 0 Å². The average molecular weight is 765 g/mol. The van der Waals surface area contributed by atoms with E-state index >= 15 is 0 Å². The number of fused-ring (bicyclic) bond motifs is 10. The molecule has 0 bridgehead atoms. The molecule has 13 rings (SSSR count). The number of para-hydroxylation sites is 1. The molecule has 0 radical (unpaired) electrons. The van der Waals surface area contributed by atoms with Gasteiger partial charge in [0.2, 0.25) is 0 Å². The van der Waals surface area contributed by atoms with Gasteiger partial charge in [-0.25, -0.2) is 15.0 Å². The van der Waals surface area contributed by atoms with Gasteiger partial charge >= 0.3 is 0 Å². The highest BCUT2D eigenvalue weighted by Crippen LogP contribution is 2.51. The number of aromatic nitrogens is 4. The first-order valence-electron chi connectivity index (χ1n) is 20.3. The van der Waals surface area contributed by atoms with E-state index in [-0.39, 0.29) is 0 Å². The summed E-state index contributed by atoms with van der Waals surface area (Å²) in [6.07, 6.45) is 0. The van der Waals surface area contributed by atoms with E-state index in [1.165, 1.54) is 49.3 Å². The molecule has 0 spiro atoms. The lowest BCUT2D eigenvalue weighted by atomic mass is 9.96. The van der Waals surface area contributed by atoms with Gasteiger partial charge in [-0.3, -0.25) is 0 Å². The van der Waals surface area contributed by atoms with Crippen LogP contribution >= 0.6 is 0 Å². The van der Waals surface area contributed by atoms with E-state index in [9.17, 15) is 0 Å². The minimum atomic E-state index is 0.631. The van der Waals surface area contributed by atoms with Crippen LogP contribution in [0.5, 0.6) is 0 Å². The van der Waals surface area contributed by atoms with E-state index in [1.807, 2.05) is 72.8 Å². The fourth-order valence-electron chi connectivity index (χ4n) is 9.44. The Hall–Kier alpha value is -8.15. The van der Waals surface area contributed by atoms with Gasteiger partial charge in [-0.15, -0.1) is 0 Å². The molecule has 0 N–H and O–H groups in total. The van der Waals surface area contributed by atoms with Crippen molar-refractivity contribution in [3.63, 3.8) is 0 Å². The van der Waals surface area contributed by atoms with Crippen LogP contribution in [0.15, 0.2) is 199 Å². The van der Waals surface area contributed by atoms with Crippen LogP contribution < -0.4 is 0 Å². The molecule has 0 unspecified atom stereocenters. The third-order valence-corrected chi connectivity index (χ3v) is 12.2. The minimum Gasteiger partial charge on any atom is -0.456 e. The molecule has 1 aliphatic rings. The third-order valence-electron chi connectivity index (χ3n) is 12.2. The summed E-state index contributed by atoms with van der Waals surface area (Å²) < 4.78 is 8.62. The predicted molar refractivity (Wildman–Crippen MR) is 245 cm³/mol. The van der Waals surface area contributed by atoms with Gasteiger partial charge in [-0.2, -0.15) is 0 Å². The van der Waals surface area contributed by atoms with Crippen molar-refractivity contribution in [1.82, 2.24) is 19.5 Å². The van der Waals surface area contributed by atoms with Crippen LogP contribution in [-0.4, -0.2) is 19.5 Å². The van der Waals surface area contributed by atoms with Crippen LogP contribution in [0.4, 0.5) is 0 Å². The molecule has 278 valence electrons. The molecule has 0 fully saturated rings. The number of hydrogen-bond acceptors (Lipinski definition) is 4. The summed E-state index contributed by atoms with van der Waals surface area (Å²) in [5, 5.41) is 7.29. The van der Waals surface area contributed by atoms with Crippen LogP contribution in [0.3, 0.4) is 0 Å². The van der Waals surface area contributed by atoms with E-state index in [0.29, 0.717) is 17.5 Å². The molecule has 60 heavy (non-hydrogen) atoms. The second-order valence-corrected chi connectivity index (χ2v) is 15.6. The summed E-state index contributed by atoms with van der Waals surface area (Å²) in [6.45, 7) is 0. The van der Waals surface area contributed by atoms with Gasteiger partial charge in [0, 0.05) is 43.9 Å². The second-order valence-electron chi connectivity index (χ2n) is 15.6. The fourth-order valence-corrected chi connectivity index (χ4v) is 9.44. The van der Waals surface area contributed by atoms with Gasteiger partial charge < -0.3 is 8.98 Å². The van der Waals surface area contributed by atoms with Crippen LogP contribution in [0, 0.1) is 0 Å². The Labute approximate surface area is 344 Å². The number of hydrogen-bond donors (Lipinski definition) is 0. The van der Waals surface area contributed by atoms with Crippen molar-refractivity contribution in [2.75, 3.05) is 0 Å². The van der Waals surface area contributed by atoms with Crippen molar-refractivity contribution >= 4 is 54.5 Å². The number of benzene rings is 9. The maximum absolute atomic E-state index is 6.20. The summed E-state index contributed by atoms with van der Waals surface area (Å²) in [4.78, 5) is 14.9. The summed E-state index contributed by atoms with van der Waals surface area (Å²) in [5.74, 6) is 1.92. The van der Waals surface area contributed by atoms with Gasteiger partial charge in [0.15, 0.2) is 17.5 Å². The molecule has 9 aromatic carbocycles. The highest BCUT2D eigenvalue weighted by atomic mass is 16.3. The zero-order chi connectivity index (χ0) is 39.3. The van der Waals surface area contributed by atoms with E-state index < -0.39 is 0 Å². The van der Waals surface area contributed by atoms with Crippen molar-refractivity contribution in [2.45, 2.75) is 0 Å². The lowest BCUT2D eigenvalue weighted by Gasteiger charge is -2.12. The second kappa shape index (κ2) is 12.7. The topological polar surface area (TPSA) is 56.7 Å². The summed E-state index contributed by atoms with van der Waals surface area (Å²) >= 11 is 0. The molecule has 12 aromatic rings. The number of nitrogens with zero attached hydrogens (tertiary/aromatic N) is 4. The van der Waals surface area contributed by atoms with Gasteiger partial charge in [-0.1, -0.05) is 133 Å². The lowest BCUT2D eigenvalue weighted by molar-refractivity contribution is 0.669. The van der Waals surface area contributed by atoms with Gasteiger partial charge in [0.05, 0.1) is 11.0 Å².